The van der Waals surface area contributed by atoms with Crippen LogP contribution in [0.15, 0.2) is 18.2 Å². The van der Waals surface area contributed by atoms with Crippen molar-refractivity contribution in [2.45, 2.75) is 26.3 Å². The lowest BCUT2D eigenvalue weighted by molar-refractivity contribution is -0.136. The molecule has 0 aliphatic carbocycles. The van der Waals surface area contributed by atoms with E-state index >= 15 is 0 Å². The van der Waals surface area contributed by atoms with Crippen LogP contribution in [0.4, 0.5) is 14.5 Å². The highest BCUT2D eigenvalue weighted by atomic mass is 19.1. The minimum atomic E-state index is -0.985. The molecule has 1 aromatic carbocycles. The third-order valence-electron chi connectivity index (χ3n) is 2.38. The van der Waals surface area contributed by atoms with Crippen molar-refractivity contribution in [3.05, 3.63) is 29.8 Å². The van der Waals surface area contributed by atoms with Crippen molar-refractivity contribution in [3.8, 4) is 0 Å². The van der Waals surface area contributed by atoms with E-state index in [1.807, 2.05) is 6.92 Å². The van der Waals surface area contributed by atoms with E-state index in [0.717, 1.165) is 12.1 Å². The van der Waals surface area contributed by atoms with Crippen molar-refractivity contribution in [1.29, 1.82) is 0 Å². The van der Waals surface area contributed by atoms with Gasteiger partial charge in [0.1, 0.15) is 11.6 Å². The number of hydrogen-bond donors (Lipinski definition) is 2. The number of carbonyl (C=O) groups excluding carboxylic acids is 2. The first kappa shape index (κ1) is 14.1. The molecule has 0 fully saturated rings. The van der Waals surface area contributed by atoms with Crippen molar-refractivity contribution in [3.63, 3.8) is 0 Å². The van der Waals surface area contributed by atoms with Gasteiger partial charge in [-0.3, -0.25) is 9.59 Å². The van der Waals surface area contributed by atoms with Crippen LogP contribution in [0.25, 0.3) is 0 Å². The van der Waals surface area contributed by atoms with Gasteiger partial charge in [-0.15, -0.1) is 0 Å². The topological polar surface area (TPSA) is 58.2 Å². The highest BCUT2D eigenvalue weighted by Gasteiger charge is 2.17. The molecule has 0 bridgehead atoms. The number of hydrogen-bond acceptors (Lipinski definition) is 2. The number of rotatable bonds is 3. The molecule has 0 heterocycles. The molecule has 1 rings (SSSR count). The molecule has 0 aliphatic heterocycles. The van der Waals surface area contributed by atoms with Gasteiger partial charge in [0.15, 0.2) is 0 Å². The fourth-order valence-electron chi connectivity index (χ4n) is 1.16. The third kappa shape index (κ3) is 3.80. The molecule has 0 saturated heterocycles. The minimum absolute atomic E-state index is 0.152. The van der Waals surface area contributed by atoms with Crippen LogP contribution in [-0.4, -0.2) is 17.9 Å². The van der Waals surface area contributed by atoms with Crippen molar-refractivity contribution < 1.29 is 18.4 Å². The van der Waals surface area contributed by atoms with Gasteiger partial charge in [-0.25, -0.2) is 8.78 Å². The van der Waals surface area contributed by atoms with Crippen LogP contribution in [0, 0.1) is 11.6 Å². The molecule has 18 heavy (non-hydrogen) atoms. The summed E-state index contributed by atoms with van der Waals surface area (Å²) in [6.07, 6.45) is 0.671. The van der Waals surface area contributed by atoms with Crippen LogP contribution in [0.1, 0.15) is 20.3 Å². The second kappa shape index (κ2) is 6.09. The molecule has 4 nitrogen and oxygen atoms in total. The first-order chi connectivity index (χ1) is 8.43. The second-order valence-corrected chi connectivity index (χ2v) is 3.86. The smallest absolute Gasteiger partial charge is 0.313 e. The zero-order valence-electron chi connectivity index (χ0n) is 10.1. The summed E-state index contributed by atoms with van der Waals surface area (Å²) in [6.45, 7) is 3.59. The van der Waals surface area contributed by atoms with Crippen molar-refractivity contribution in [2.75, 3.05) is 5.32 Å². The van der Waals surface area contributed by atoms with Crippen LogP contribution >= 0.6 is 0 Å². The van der Waals surface area contributed by atoms with Crippen molar-refractivity contribution in [2.24, 2.45) is 0 Å². The largest absolute Gasteiger partial charge is 0.345 e. The Morgan fingerprint density at radius 1 is 1.28 bits per heavy atom. The van der Waals surface area contributed by atoms with Crippen molar-refractivity contribution >= 4 is 17.5 Å². The summed E-state index contributed by atoms with van der Waals surface area (Å²) in [4.78, 5) is 22.8. The molecule has 0 aliphatic rings. The standard InChI is InChI=1S/C12H14F2N2O2/c1-3-7(2)15-11(17)12(18)16-10-5-4-8(13)6-9(10)14/h4-7H,3H2,1-2H3,(H,15,17)(H,16,18). The summed E-state index contributed by atoms with van der Waals surface area (Å²) >= 11 is 0. The number of halogens is 2. The van der Waals surface area contributed by atoms with Gasteiger partial charge in [0.25, 0.3) is 0 Å². The molecule has 2 amide bonds. The zero-order valence-corrected chi connectivity index (χ0v) is 10.1. The van der Waals surface area contributed by atoms with E-state index in [0.29, 0.717) is 12.5 Å². The quantitative estimate of drug-likeness (QED) is 0.810. The summed E-state index contributed by atoms with van der Waals surface area (Å²) in [5.41, 5.74) is -0.235. The second-order valence-electron chi connectivity index (χ2n) is 3.86. The molecule has 0 spiro atoms. The summed E-state index contributed by atoms with van der Waals surface area (Å²) in [5.74, 6) is -3.52. The van der Waals surface area contributed by atoms with E-state index in [1.54, 1.807) is 6.92 Å². The van der Waals surface area contributed by atoms with Crippen LogP contribution in [0.2, 0.25) is 0 Å². The highest BCUT2D eigenvalue weighted by Crippen LogP contribution is 2.14. The van der Waals surface area contributed by atoms with E-state index in [1.165, 1.54) is 0 Å². The summed E-state index contributed by atoms with van der Waals surface area (Å²) in [6, 6.07) is 2.52. The van der Waals surface area contributed by atoms with E-state index in [2.05, 4.69) is 10.6 Å². The number of amides is 2. The molecule has 1 atom stereocenters. The molecule has 6 heteroatoms. The van der Waals surface area contributed by atoms with Gasteiger partial charge in [-0.05, 0) is 25.5 Å². The normalized spacial score (nSPS) is 11.8. The highest BCUT2D eigenvalue weighted by molar-refractivity contribution is 6.39. The fourth-order valence-corrected chi connectivity index (χ4v) is 1.16. The Labute approximate surface area is 103 Å². The Hall–Kier alpha value is -1.98. The minimum Gasteiger partial charge on any atom is -0.345 e. The Balaban J connectivity index is 2.67. The maximum atomic E-state index is 13.2. The van der Waals surface area contributed by atoms with Gasteiger partial charge in [0.05, 0.1) is 5.69 Å². The van der Waals surface area contributed by atoms with E-state index in [4.69, 9.17) is 0 Å². The summed E-state index contributed by atoms with van der Waals surface area (Å²) in [7, 11) is 0. The number of benzene rings is 1. The average molecular weight is 256 g/mol. The number of carbonyl (C=O) groups is 2. The first-order valence-corrected chi connectivity index (χ1v) is 5.51. The van der Waals surface area contributed by atoms with Gasteiger partial charge < -0.3 is 10.6 Å². The van der Waals surface area contributed by atoms with Gasteiger partial charge in [0, 0.05) is 12.1 Å². The molecular weight excluding hydrogens is 242 g/mol. The molecule has 0 radical (unpaired) electrons. The monoisotopic (exact) mass is 256 g/mol. The molecule has 2 N–H and O–H groups in total. The Bertz CT molecular complexity index is 463. The van der Waals surface area contributed by atoms with Crippen molar-refractivity contribution in [1.82, 2.24) is 5.32 Å². The predicted molar refractivity (Wildman–Crippen MR) is 62.9 cm³/mol. The van der Waals surface area contributed by atoms with Crippen LogP contribution in [0.5, 0.6) is 0 Å². The number of anilines is 1. The lowest BCUT2D eigenvalue weighted by Crippen LogP contribution is -2.40. The third-order valence-corrected chi connectivity index (χ3v) is 2.38. The predicted octanol–water partition coefficient (Wildman–Crippen LogP) is 1.82. The molecule has 1 aromatic rings. The molecular formula is C12H14F2N2O2. The first-order valence-electron chi connectivity index (χ1n) is 5.51. The van der Waals surface area contributed by atoms with Gasteiger partial charge in [-0.1, -0.05) is 6.92 Å². The summed E-state index contributed by atoms with van der Waals surface area (Å²) in [5, 5.41) is 4.51. The van der Waals surface area contributed by atoms with Crippen LogP contribution in [-0.2, 0) is 9.59 Å². The Kier molecular flexibility index (Phi) is 4.76. The van der Waals surface area contributed by atoms with Gasteiger partial charge in [-0.2, -0.15) is 0 Å². The molecule has 0 aromatic heterocycles. The SMILES string of the molecule is CCC(C)NC(=O)C(=O)Nc1ccc(F)cc1F. The molecule has 98 valence electrons. The molecule has 1 unspecified atom stereocenters. The maximum absolute atomic E-state index is 13.2. The number of nitrogens with one attached hydrogen (secondary N) is 2. The van der Waals surface area contributed by atoms with E-state index < -0.39 is 23.4 Å². The van der Waals surface area contributed by atoms with E-state index in [9.17, 15) is 18.4 Å². The lowest BCUT2D eigenvalue weighted by atomic mass is 10.2. The lowest BCUT2D eigenvalue weighted by Gasteiger charge is -2.11. The van der Waals surface area contributed by atoms with Crippen LogP contribution in [0.3, 0.4) is 0 Å². The van der Waals surface area contributed by atoms with Crippen LogP contribution < -0.4 is 10.6 Å². The summed E-state index contributed by atoms with van der Waals surface area (Å²) < 4.78 is 25.8. The maximum Gasteiger partial charge on any atom is 0.313 e. The average Bonchev–Trinajstić information content (AvgIpc) is 2.32. The Morgan fingerprint density at radius 3 is 2.50 bits per heavy atom. The Morgan fingerprint density at radius 2 is 1.94 bits per heavy atom. The van der Waals surface area contributed by atoms with Gasteiger partial charge in [0.2, 0.25) is 0 Å². The fraction of sp³-hybridized carbons (Fsp3) is 0.333. The van der Waals surface area contributed by atoms with E-state index in [-0.39, 0.29) is 11.7 Å². The van der Waals surface area contributed by atoms with Gasteiger partial charge >= 0.3 is 11.8 Å². The zero-order chi connectivity index (χ0) is 13.7. The molecule has 0 saturated carbocycles.